The van der Waals surface area contributed by atoms with Crippen LogP contribution in [0.4, 0.5) is 0 Å². The first-order valence-corrected chi connectivity index (χ1v) is 11.9. The first kappa shape index (κ1) is 25.9. The van der Waals surface area contributed by atoms with Crippen LogP contribution in [0.15, 0.2) is 84.9 Å². The maximum absolute atomic E-state index is 2.39. The van der Waals surface area contributed by atoms with Crippen LogP contribution < -0.4 is 0 Å². The number of aromatic nitrogens is 1. The summed E-state index contributed by atoms with van der Waals surface area (Å²) in [7, 11) is 0. The first-order chi connectivity index (χ1) is 15.7. The molecule has 1 aliphatic rings. The van der Waals surface area contributed by atoms with E-state index in [1.165, 1.54) is 44.5 Å². The molecule has 0 aliphatic heterocycles. The normalized spacial score (nSPS) is 13.6. The van der Waals surface area contributed by atoms with Crippen molar-refractivity contribution < 1.29 is 0 Å². The van der Waals surface area contributed by atoms with Crippen LogP contribution in [0.5, 0.6) is 0 Å². The van der Waals surface area contributed by atoms with Gasteiger partial charge in [-0.05, 0) is 48.2 Å². The van der Waals surface area contributed by atoms with Gasteiger partial charge in [0.25, 0.3) is 0 Å². The van der Waals surface area contributed by atoms with Gasteiger partial charge in [0.2, 0.25) is 0 Å². The average Bonchev–Trinajstić information content (AvgIpc) is 3.04. The van der Waals surface area contributed by atoms with Gasteiger partial charge in [-0.3, -0.25) is 0 Å². The van der Waals surface area contributed by atoms with Gasteiger partial charge in [0.15, 0.2) is 0 Å². The van der Waals surface area contributed by atoms with Crippen LogP contribution in [0, 0.1) is 12.8 Å². The Labute approximate surface area is 201 Å². The predicted octanol–water partition coefficient (Wildman–Crippen LogP) is 9.97. The number of nitrogens with zero attached hydrogens (tertiary/aromatic N) is 1. The summed E-state index contributed by atoms with van der Waals surface area (Å²) in [5.41, 5.74) is 8.79. The Hall–Kier alpha value is -3.32. The number of allylic oxidation sites excluding steroid dienone is 2. The molecule has 0 fully saturated rings. The van der Waals surface area contributed by atoms with Crippen molar-refractivity contribution in [3.05, 3.63) is 102 Å². The van der Waals surface area contributed by atoms with E-state index in [-0.39, 0.29) is 7.43 Å². The summed E-state index contributed by atoms with van der Waals surface area (Å²) >= 11 is 0. The third-order valence-corrected chi connectivity index (χ3v) is 5.53. The third kappa shape index (κ3) is 5.37. The van der Waals surface area contributed by atoms with Crippen LogP contribution in [0.3, 0.4) is 0 Å². The maximum atomic E-state index is 2.39. The standard InChI is InChI=1S/C27H23N.2C2H6.CH4/c1-19-13-15-25-24-11-3-4-12-26(24)28(27(25)16-14-19)23-10-6-9-22(18-23)21-8-5-7-20(2)17-21;2*1-2;/h3-19H,1-2H3;2*1-2H3;1H4. The molecule has 0 amide bonds. The molecule has 1 heteroatoms. The zero-order chi connectivity index (χ0) is 23.1. The number of benzene rings is 3. The predicted molar refractivity (Wildman–Crippen MR) is 150 cm³/mol. The number of hydrogen-bond acceptors (Lipinski definition) is 0. The molecule has 3 aromatic carbocycles. The van der Waals surface area contributed by atoms with Gasteiger partial charge in [-0.2, -0.15) is 0 Å². The van der Waals surface area contributed by atoms with E-state index in [1.807, 2.05) is 27.7 Å². The van der Waals surface area contributed by atoms with E-state index in [0.717, 1.165) is 0 Å². The molecule has 0 radical (unpaired) electrons. The van der Waals surface area contributed by atoms with Crippen LogP contribution in [0.25, 0.3) is 39.9 Å². The number of para-hydroxylation sites is 1. The fourth-order valence-corrected chi connectivity index (χ4v) is 4.11. The van der Waals surface area contributed by atoms with E-state index in [0.29, 0.717) is 5.92 Å². The van der Waals surface area contributed by atoms with Crippen molar-refractivity contribution in [3.8, 4) is 16.8 Å². The van der Waals surface area contributed by atoms with Crippen LogP contribution in [0.1, 0.15) is 58.9 Å². The first-order valence-electron chi connectivity index (χ1n) is 11.9. The van der Waals surface area contributed by atoms with Gasteiger partial charge < -0.3 is 4.57 Å². The van der Waals surface area contributed by atoms with E-state index in [9.17, 15) is 0 Å². The minimum Gasteiger partial charge on any atom is -0.309 e. The lowest BCUT2D eigenvalue weighted by atomic mass is 10.0. The molecule has 0 saturated heterocycles. The summed E-state index contributed by atoms with van der Waals surface area (Å²) in [4.78, 5) is 0. The molecule has 1 atom stereocenters. The second-order valence-corrected chi connectivity index (χ2v) is 7.65. The highest BCUT2D eigenvalue weighted by atomic mass is 15.0. The molecule has 1 aromatic heterocycles. The van der Waals surface area contributed by atoms with Crippen LogP contribution in [-0.2, 0) is 0 Å². The Morgan fingerprint density at radius 3 is 2.06 bits per heavy atom. The van der Waals surface area contributed by atoms with Gasteiger partial charge in [0.1, 0.15) is 0 Å². The minimum atomic E-state index is 0. The summed E-state index contributed by atoms with van der Waals surface area (Å²) in [5.74, 6) is 0.443. The van der Waals surface area contributed by atoms with Crippen molar-refractivity contribution in [1.82, 2.24) is 4.57 Å². The molecule has 1 unspecified atom stereocenters. The van der Waals surface area contributed by atoms with Gasteiger partial charge in [0.05, 0.1) is 11.2 Å². The molecule has 172 valence electrons. The van der Waals surface area contributed by atoms with Crippen molar-refractivity contribution in [2.24, 2.45) is 5.92 Å². The number of fused-ring (bicyclic) bond motifs is 3. The number of aryl methyl sites for hydroxylation is 1. The second kappa shape index (κ2) is 12.1. The lowest BCUT2D eigenvalue weighted by Crippen LogP contribution is -1.97. The fourth-order valence-electron chi connectivity index (χ4n) is 4.11. The Bertz CT molecular complexity index is 1240. The van der Waals surface area contributed by atoms with E-state index in [2.05, 4.69) is 116 Å². The van der Waals surface area contributed by atoms with Gasteiger partial charge in [-0.15, -0.1) is 0 Å². The van der Waals surface area contributed by atoms with Crippen molar-refractivity contribution in [3.63, 3.8) is 0 Å². The van der Waals surface area contributed by atoms with E-state index in [4.69, 9.17) is 0 Å². The lowest BCUT2D eigenvalue weighted by molar-refractivity contribution is 0.953. The lowest BCUT2D eigenvalue weighted by Gasteiger charge is -2.12. The molecular weight excluding hydrogens is 398 g/mol. The molecule has 5 rings (SSSR count). The van der Waals surface area contributed by atoms with Crippen molar-refractivity contribution in [2.45, 2.75) is 49.0 Å². The van der Waals surface area contributed by atoms with E-state index < -0.39 is 0 Å². The highest BCUT2D eigenvalue weighted by molar-refractivity contribution is 5.96. The zero-order valence-corrected chi connectivity index (χ0v) is 20.3. The maximum Gasteiger partial charge on any atom is 0.0541 e. The third-order valence-electron chi connectivity index (χ3n) is 5.53. The number of hydrogen-bond donors (Lipinski definition) is 0. The highest BCUT2D eigenvalue weighted by Gasteiger charge is 2.16. The monoisotopic (exact) mass is 437 g/mol. The Balaban J connectivity index is 0.000000733. The van der Waals surface area contributed by atoms with Crippen LogP contribution in [0.2, 0.25) is 0 Å². The molecule has 33 heavy (non-hydrogen) atoms. The van der Waals surface area contributed by atoms with E-state index >= 15 is 0 Å². The van der Waals surface area contributed by atoms with Crippen LogP contribution in [-0.4, -0.2) is 4.57 Å². The topological polar surface area (TPSA) is 4.93 Å². The minimum absolute atomic E-state index is 0. The van der Waals surface area contributed by atoms with Crippen molar-refractivity contribution in [2.75, 3.05) is 0 Å². The average molecular weight is 438 g/mol. The van der Waals surface area contributed by atoms with E-state index in [1.54, 1.807) is 0 Å². The highest BCUT2D eigenvalue weighted by Crippen LogP contribution is 2.34. The Kier molecular flexibility index (Phi) is 9.48. The van der Waals surface area contributed by atoms with Crippen molar-refractivity contribution >= 4 is 23.1 Å². The summed E-state index contributed by atoms with van der Waals surface area (Å²) < 4.78 is 2.39. The van der Waals surface area contributed by atoms with Gasteiger partial charge >= 0.3 is 0 Å². The molecule has 1 nitrogen and oxygen atoms in total. The smallest absolute Gasteiger partial charge is 0.0541 e. The largest absolute Gasteiger partial charge is 0.309 e. The molecule has 1 aliphatic carbocycles. The quantitative estimate of drug-likeness (QED) is 0.294. The molecule has 1 heterocycles. The molecule has 4 aromatic rings. The van der Waals surface area contributed by atoms with Gasteiger partial charge in [-0.25, -0.2) is 0 Å². The molecule has 0 N–H and O–H groups in total. The summed E-state index contributed by atoms with van der Waals surface area (Å²) in [6, 6.07) is 26.3. The summed E-state index contributed by atoms with van der Waals surface area (Å²) in [6.07, 6.45) is 9.12. The van der Waals surface area contributed by atoms with Crippen LogP contribution >= 0.6 is 0 Å². The summed E-state index contributed by atoms with van der Waals surface area (Å²) in [6.45, 7) is 12.4. The second-order valence-electron chi connectivity index (χ2n) is 7.65. The molecule has 0 spiro atoms. The zero-order valence-electron chi connectivity index (χ0n) is 20.3. The molecular formula is C32H39N. The number of rotatable bonds is 2. The Morgan fingerprint density at radius 2 is 1.33 bits per heavy atom. The van der Waals surface area contributed by atoms with Gasteiger partial charge in [0, 0.05) is 16.6 Å². The Morgan fingerprint density at radius 1 is 0.697 bits per heavy atom. The van der Waals surface area contributed by atoms with Crippen molar-refractivity contribution in [1.29, 1.82) is 0 Å². The summed E-state index contributed by atoms with van der Waals surface area (Å²) in [5, 5.41) is 1.30. The fraction of sp³-hybridized carbons (Fsp3) is 0.250. The SMILES string of the molecule is C.CC.CC.Cc1cccc(-c2cccc(-n3c4c(c5ccccc53)C=CC(C)C=C4)c2)c1. The van der Waals surface area contributed by atoms with Gasteiger partial charge in [-0.1, -0.05) is 120 Å². The molecule has 0 saturated carbocycles. The molecule has 0 bridgehead atoms.